The lowest BCUT2D eigenvalue weighted by atomic mass is 10.1. The zero-order valence-electron chi connectivity index (χ0n) is 14.2. The molecule has 0 saturated heterocycles. The number of halogens is 2. The van der Waals surface area contributed by atoms with Crippen molar-refractivity contribution in [3.8, 4) is 11.1 Å². The van der Waals surface area contributed by atoms with Crippen molar-refractivity contribution in [1.82, 2.24) is 5.06 Å². The largest absolute Gasteiger partial charge is 0.298 e. The third-order valence-corrected chi connectivity index (χ3v) is 5.45. The Balaban J connectivity index is 1.44. The first-order valence-corrected chi connectivity index (χ1v) is 9.46. The van der Waals surface area contributed by atoms with Gasteiger partial charge in [-0.3, -0.25) is 4.79 Å². The Morgan fingerprint density at radius 3 is 2.63 bits per heavy atom. The lowest BCUT2D eigenvalue weighted by molar-refractivity contribution is -0.0430. The van der Waals surface area contributed by atoms with Gasteiger partial charge in [0.1, 0.15) is 12.1 Å². The van der Waals surface area contributed by atoms with Gasteiger partial charge in [-0.15, -0.1) is 0 Å². The third kappa shape index (κ3) is 4.06. The van der Waals surface area contributed by atoms with Crippen molar-refractivity contribution in [1.29, 1.82) is 0 Å². The number of fused-ring (bicyclic) bond motifs is 1. The van der Waals surface area contributed by atoms with Crippen LogP contribution in [0.15, 0.2) is 65.6 Å². The van der Waals surface area contributed by atoms with Gasteiger partial charge in [0.25, 0.3) is 0 Å². The zero-order chi connectivity index (χ0) is 18.8. The third-order valence-electron chi connectivity index (χ3n) is 4.38. The molecule has 0 unspecified atom stereocenters. The molecule has 0 amide bonds. The maximum atomic E-state index is 13.1. The Morgan fingerprint density at radius 1 is 1.04 bits per heavy atom. The van der Waals surface area contributed by atoms with Gasteiger partial charge in [0.2, 0.25) is 0 Å². The van der Waals surface area contributed by atoms with Crippen LogP contribution in [-0.4, -0.2) is 11.3 Å². The predicted octanol–water partition coefficient (Wildman–Crippen LogP) is 5.91. The SMILES string of the molecule is O=Cc1cc(Cl)c2c(c1)CN(OSc1cccc(-c3ccc(F)cc3)c1)C2. The van der Waals surface area contributed by atoms with E-state index in [1.54, 1.807) is 23.3 Å². The number of aldehydes is 1. The first kappa shape index (κ1) is 18.2. The predicted molar refractivity (Wildman–Crippen MR) is 105 cm³/mol. The molecule has 4 rings (SSSR count). The molecule has 1 heterocycles. The fraction of sp³-hybridized carbons (Fsp3) is 0.0952. The van der Waals surface area contributed by atoms with Crippen LogP contribution in [-0.2, 0) is 17.4 Å². The second-order valence-corrected chi connectivity index (χ2v) is 7.44. The van der Waals surface area contributed by atoms with Gasteiger partial charge >= 0.3 is 0 Å². The summed E-state index contributed by atoms with van der Waals surface area (Å²) in [6, 6.07) is 17.8. The highest BCUT2D eigenvalue weighted by molar-refractivity contribution is 7.94. The van der Waals surface area contributed by atoms with E-state index in [0.29, 0.717) is 23.7 Å². The summed E-state index contributed by atoms with van der Waals surface area (Å²) in [4.78, 5) is 11.9. The van der Waals surface area contributed by atoms with E-state index in [9.17, 15) is 9.18 Å². The number of benzene rings is 3. The smallest absolute Gasteiger partial charge is 0.150 e. The molecule has 0 aliphatic carbocycles. The maximum Gasteiger partial charge on any atom is 0.150 e. The van der Waals surface area contributed by atoms with Gasteiger partial charge in [-0.25, -0.2) is 8.67 Å². The highest BCUT2D eigenvalue weighted by atomic mass is 35.5. The van der Waals surface area contributed by atoms with Crippen LogP contribution < -0.4 is 0 Å². The van der Waals surface area contributed by atoms with Crippen LogP contribution in [0.3, 0.4) is 0 Å². The van der Waals surface area contributed by atoms with Crippen LogP contribution in [0, 0.1) is 5.82 Å². The van der Waals surface area contributed by atoms with Gasteiger partial charge in [-0.05, 0) is 58.7 Å². The second-order valence-electron chi connectivity index (χ2n) is 6.25. The summed E-state index contributed by atoms with van der Waals surface area (Å²) in [5.74, 6) is -0.252. The number of carbonyl (C=O) groups excluding carboxylic acids is 1. The minimum atomic E-state index is -0.252. The minimum absolute atomic E-state index is 0.252. The first-order chi connectivity index (χ1) is 13.1. The standard InChI is InChI=1S/C21H15ClFNO2S/c22-21-9-14(13-25)8-17-11-24(12-20(17)21)26-27-19-3-1-2-16(10-19)15-4-6-18(23)7-5-15/h1-10,13H,11-12H2. The van der Waals surface area contributed by atoms with Crippen molar-refractivity contribution in [2.45, 2.75) is 18.0 Å². The summed E-state index contributed by atoms with van der Waals surface area (Å²) < 4.78 is 19.0. The molecular formula is C21H15ClFNO2S. The van der Waals surface area contributed by atoms with Gasteiger partial charge in [0, 0.05) is 15.5 Å². The van der Waals surface area contributed by atoms with Crippen molar-refractivity contribution in [3.05, 3.63) is 88.2 Å². The Hall–Kier alpha value is -2.18. The highest BCUT2D eigenvalue weighted by Gasteiger charge is 2.23. The molecule has 0 radical (unpaired) electrons. The normalized spacial score (nSPS) is 13.6. The van der Waals surface area contributed by atoms with Crippen molar-refractivity contribution in [2.24, 2.45) is 0 Å². The van der Waals surface area contributed by atoms with E-state index in [1.807, 2.05) is 30.3 Å². The Morgan fingerprint density at radius 2 is 1.85 bits per heavy atom. The summed E-state index contributed by atoms with van der Waals surface area (Å²) in [6.07, 6.45) is 0.797. The molecule has 0 saturated carbocycles. The van der Waals surface area contributed by atoms with Crippen LogP contribution >= 0.6 is 23.6 Å². The molecule has 3 aromatic carbocycles. The summed E-state index contributed by atoms with van der Waals surface area (Å²) in [5, 5.41) is 2.39. The van der Waals surface area contributed by atoms with Gasteiger partial charge in [0.05, 0.1) is 25.1 Å². The average molecular weight is 400 g/mol. The van der Waals surface area contributed by atoms with E-state index in [1.165, 1.54) is 24.2 Å². The van der Waals surface area contributed by atoms with Gasteiger partial charge in [-0.1, -0.05) is 35.9 Å². The van der Waals surface area contributed by atoms with Crippen LogP contribution in [0.5, 0.6) is 0 Å². The lowest BCUT2D eigenvalue weighted by Gasteiger charge is -2.13. The van der Waals surface area contributed by atoms with Crippen molar-refractivity contribution < 1.29 is 13.5 Å². The van der Waals surface area contributed by atoms with E-state index in [0.717, 1.165) is 33.4 Å². The number of hydrogen-bond donors (Lipinski definition) is 0. The van der Waals surface area contributed by atoms with Gasteiger partial charge in [0.15, 0.2) is 0 Å². The van der Waals surface area contributed by atoms with Crippen LogP contribution in [0.25, 0.3) is 11.1 Å². The molecule has 0 fully saturated rings. The van der Waals surface area contributed by atoms with Crippen LogP contribution in [0.4, 0.5) is 4.39 Å². The number of hydrogen-bond acceptors (Lipinski definition) is 4. The quantitative estimate of drug-likeness (QED) is 0.394. The molecule has 1 aliphatic heterocycles. The summed E-state index contributed by atoms with van der Waals surface area (Å²) in [5.41, 5.74) is 4.50. The van der Waals surface area contributed by atoms with E-state index < -0.39 is 0 Å². The Bertz CT molecular complexity index is 994. The average Bonchev–Trinajstić information content (AvgIpc) is 3.11. The zero-order valence-corrected chi connectivity index (χ0v) is 15.8. The van der Waals surface area contributed by atoms with E-state index in [-0.39, 0.29) is 5.82 Å². The van der Waals surface area contributed by atoms with E-state index in [2.05, 4.69) is 0 Å². The molecule has 0 aromatic heterocycles. The number of hydroxylamine groups is 2. The molecule has 1 aliphatic rings. The minimum Gasteiger partial charge on any atom is -0.298 e. The molecule has 27 heavy (non-hydrogen) atoms. The highest BCUT2D eigenvalue weighted by Crippen LogP contribution is 2.34. The van der Waals surface area contributed by atoms with Gasteiger partial charge < -0.3 is 0 Å². The van der Waals surface area contributed by atoms with E-state index in [4.69, 9.17) is 15.9 Å². The Labute approximate surface area is 165 Å². The first-order valence-electron chi connectivity index (χ1n) is 8.34. The van der Waals surface area contributed by atoms with Crippen LogP contribution in [0.2, 0.25) is 5.02 Å². The number of carbonyl (C=O) groups is 1. The molecule has 6 heteroatoms. The Kier molecular flexibility index (Phi) is 5.27. The van der Waals surface area contributed by atoms with E-state index >= 15 is 0 Å². The molecule has 3 nitrogen and oxygen atoms in total. The summed E-state index contributed by atoms with van der Waals surface area (Å²) >= 11 is 7.52. The summed E-state index contributed by atoms with van der Waals surface area (Å²) in [6.45, 7) is 1.14. The molecule has 0 atom stereocenters. The van der Waals surface area contributed by atoms with Gasteiger partial charge in [-0.2, -0.15) is 5.06 Å². The molecular weight excluding hydrogens is 385 g/mol. The molecule has 136 valence electrons. The maximum absolute atomic E-state index is 13.1. The fourth-order valence-corrected chi connectivity index (χ4v) is 3.96. The van der Waals surface area contributed by atoms with Crippen molar-refractivity contribution >= 4 is 29.9 Å². The monoisotopic (exact) mass is 399 g/mol. The molecule has 0 spiro atoms. The number of nitrogens with zero attached hydrogens (tertiary/aromatic N) is 1. The molecule has 0 bridgehead atoms. The van der Waals surface area contributed by atoms with Crippen molar-refractivity contribution in [2.75, 3.05) is 0 Å². The molecule has 3 aromatic rings. The topological polar surface area (TPSA) is 29.5 Å². The number of rotatable bonds is 5. The molecule has 0 N–H and O–H groups in total. The summed E-state index contributed by atoms with van der Waals surface area (Å²) in [7, 11) is 0. The van der Waals surface area contributed by atoms with Crippen LogP contribution in [0.1, 0.15) is 21.5 Å². The van der Waals surface area contributed by atoms with Crippen molar-refractivity contribution in [3.63, 3.8) is 0 Å². The fourth-order valence-electron chi connectivity index (χ4n) is 3.04. The lowest BCUT2D eigenvalue weighted by Crippen LogP contribution is -2.12. The second kappa shape index (κ2) is 7.82.